The highest BCUT2D eigenvalue weighted by Gasteiger charge is 2.14. The second-order valence-corrected chi connectivity index (χ2v) is 2.79. The van der Waals surface area contributed by atoms with Crippen molar-refractivity contribution in [3.05, 3.63) is 33.9 Å². The molecule has 0 aromatic heterocycles. The van der Waals surface area contributed by atoms with E-state index in [-0.39, 0.29) is 29.9 Å². The van der Waals surface area contributed by atoms with Crippen molar-refractivity contribution < 1.29 is 10.0 Å². The van der Waals surface area contributed by atoms with Crippen molar-refractivity contribution in [1.82, 2.24) is 0 Å². The highest BCUT2D eigenvalue weighted by Crippen LogP contribution is 2.27. The minimum atomic E-state index is -0.638. The summed E-state index contributed by atoms with van der Waals surface area (Å²) in [5, 5.41) is 19.5. The van der Waals surface area contributed by atoms with Crippen LogP contribution in [0.5, 0.6) is 5.75 Å². The molecule has 0 saturated carbocycles. The Bertz CT molecular complexity index is 341. The molecular weight excluding hydrogens is 208 g/mol. The number of aromatic hydroxyl groups is 1. The summed E-state index contributed by atoms with van der Waals surface area (Å²) in [6, 6.07) is 3.84. The van der Waals surface area contributed by atoms with Crippen LogP contribution in [0.3, 0.4) is 0 Å². The lowest BCUT2D eigenvalue weighted by atomic mass is 10.1. The average Bonchev–Trinajstić information content (AvgIpc) is 2.04. The number of nitrogens with zero attached hydrogens (tertiary/aromatic N) is 1. The maximum absolute atomic E-state index is 10.4. The van der Waals surface area contributed by atoms with Gasteiger partial charge in [0.05, 0.1) is 4.92 Å². The van der Waals surface area contributed by atoms with Crippen molar-refractivity contribution in [2.75, 3.05) is 0 Å². The second kappa shape index (κ2) is 4.78. The van der Waals surface area contributed by atoms with Crippen molar-refractivity contribution in [2.45, 2.75) is 13.0 Å². The topological polar surface area (TPSA) is 89.4 Å². The summed E-state index contributed by atoms with van der Waals surface area (Å²) >= 11 is 0. The van der Waals surface area contributed by atoms with Gasteiger partial charge in [0.25, 0.3) is 0 Å². The van der Waals surface area contributed by atoms with E-state index in [1.54, 1.807) is 13.0 Å². The molecule has 0 aliphatic carbocycles. The molecule has 78 valence electrons. The van der Waals surface area contributed by atoms with Gasteiger partial charge in [-0.1, -0.05) is 6.07 Å². The normalized spacial score (nSPS) is 11.6. The van der Waals surface area contributed by atoms with E-state index in [0.717, 1.165) is 0 Å². The van der Waals surface area contributed by atoms with Crippen LogP contribution in [-0.2, 0) is 0 Å². The van der Waals surface area contributed by atoms with Gasteiger partial charge in [-0.3, -0.25) is 10.1 Å². The van der Waals surface area contributed by atoms with Crippen LogP contribution in [0.1, 0.15) is 18.5 Å². The summed E-state index contributed by atoms with van der Waals surface area (Å²) in [6.45, 7) is 1.72. The van der Waals surface area contributed by atoms with Crippen molar-refractivity contribution in [3.63, 3.8) is 0 Å². The molecule has 0 amide bonds. The molecule has 0 bridgehead atoms. The molecule has 14 heavy (non-hydrogen) atoms. The van der Waals surface area contributed by atoms with Gasteiger partial charge in [0.15, 0.2) is 5.75 Å². The number of hydrogen-bond acceptors (Lipinski definition) is 4. The summed E-state index contributed by atoms with van der Waals surface area (Å²) in [4.78, 5) is 9.76. The van der Waals surface area contributed by atoms with Crippen LogP contribution in [0.15, 0.2) is 18.2 Å². The van der Waals surface area contributed by atoms with Crippen LogP contribution in [0.2, 0.25) is 0 Å². The number of rotatable bonds is 2. The average molecular weight is 219 g/mol. The lowest BCUT2D eigenvalue weighted by Gasteiger charge is -2.04. The van der Waals surface area contributed by atoms with E-state index < -0.39 is 4.92 Å². The Morgan fingerprint density at radius 3 is 2.57 bits per heavy atom. The number of halogens is 1. The monoisotopic (exact) mass is 218 g/mol. The van der Waals surface area contributed by atoms with E-state index in [4.69, 9.17) is 10.8 Å². The van der Waals surface area contributed by atoms with Gasteiger partial charge < -0.3 is 10.8 Å². The van der Waals surface area contributed by atoms with Gasteiger partial charge >= 0.3 is 5.69 Å². The molecule has 1 aromatic carbocycles. The number of hydrogen-bond donors (Lipinski definition) is 2. The van der Waals surface area contributed by atoms with Gasteiger partial charge in [0, 0.05) is 12.1 Å². The largest absolute Gasteiger partial charge is 0.502 e. The van der Waals surface area contributed by atoms with E-state index in [9.17, 15) is 10.1 Å². The predicted octanol–water partition coefficient (Wildman–Crippen LogP) is 1.74. The minimum absolute atomic E-state index is 0. The first-order valence-electron chi connectivity index (χ1n) is 3.75. The Morgan fingerprint density at radius 2 is 2.14 bits per heavy atom. The van der Waals surface area contributed by atoms with Crippen molar-refractivity contribution in [2.24, 2.45) is 5.73 Å². The zero-order valence-corrected chi connectivity index (χ0v) is 8.32. The Labute approximate surface area is 87.1 Å². The zero-order chi connectivity index (χ0) is 10.0. The lowest BCUT2D eigenvalue weighted by molar-refractivity contribution is -0.385. The smallest absolute Gasteiger partial charge is 0.311 e. The molecule has 6 heteroatoms. The highest BCUT2D eigenvalue weighted by molar-refractivity contribution is 5.85. The molecule has 1 atom stereocenters. The molecule has 0 unspecified atom stereocenters. The maximum Gasteiger partial charge on any atom is 0.311 e. The molecule has 3 N–H and O–H groups in total. The Balaban J connectivity index is 0.00000169. The summed E-state index contributed by atoms with van der Waals surface area (Å²) < 4.78 is 0. The number of phenols is 1. The number of phenolic OH excluding ortho intramolecular Hbond substituents is 1. The van der Waals surface area contributed by atoms with E-state index in [0.29, 0.717) is 5.56 Å². The predicted molar refractivity (Wildman–Crippen MR) is 54.6 cm³/mol. The van der Waals surface area contributed by atoms with E-state index in [2.05, 4.69) is 0 Å². The standard InChI is InChI=1S/C8H10N2O3.ClH/c1-5(9)6-2-3-8(11)7(4-6)10(12)13;/h2-5,11H,9H2,1H3;1H/t5-;/m1./s1. The van der Waals surface area contributed by atoms with Crippen molar-refractivity contribution in [3.8, 4) is 5.75 Å². The number of nitro groups is 1. The SMILES string of the molecule is C[C@@H](N)c1ccc(O)c([N+](=O)[O-])c1.Cl. The third kappa shape index (κ3) is 2.58. The molecule has 0 aliphatic rings. The third-order valence-electron chi connectivity index (χ3n) is 1.72. The van der Waals surface area contributed by atoms with Crippen LogP contribution in [0, 0.1) is 10.1 Å². The van der Waals surface area contributed by atoms with Crippen LogP contribution in [-0.4, -0.2) is 10.0 Å². The van der Waals surface area contributed by atoms with E-state index in [1.165, 1.54) is 12.1 Å². The molecular formula is C8H11ClN2O3. The van der Waals surface area contributed by atoms with Gasteiger partial charge in [0.2, 0.25) is 0 Å². The molecule has 0 heterocycles. The van der Waals surface area contributed by atoms with Gasteiger partial charge in [-0.25, -0.2) is 0 Å². The summed E-state index contributed by atoms with van der Waals surface area (Å²) in [7, 11) is 0. The molecule has 1 aromatic rings. The van der Waals surface area contributed by atoms with Crippen LogP contribution in [0.4, 0.5) is 5.69 Å². The zero-order valence-electron chi connectivity index (χ0n) is 7.51. The fourth-order valence-corrected chi connectivity index (χ4v) is 0.970. The summed E-state index contributed by atoms with van der Waals surface area (Å²) in [5.41, 5.74) is 5.85. The van der Waals surface area contributed by atoms with Gasteiger partial charge in [-0.05, 0) is 18.6 Å². The highest BCUT2D eigenvalue weighted by atomic mass is 35.5. The van der Waals surface area contributed by atoms with Crippen LogP contribution < -0.4 is 5.73 Å². The Kier molecular flexibility index (Phi) is 4.33. The van der Waals surface area contributed by atoms with Crippen molar-refractivity contribution >= 4 is 18.1 Å². The minimum Gasteiger partial charge on any atom is -0.502 e. The molecule has 0 aliphatic heterocycles. The number of benzene rings is 1. The third-order valence-corrected chi connectivity index (χ3v) is 1.72. The van der Waals surface area contributed by atoms with Gasteiger partial charge in [0.1, 0.15) is 0 Å². The Hall–Kier alpha value is -1.33. The quantitative estimate of drug-likeness (QED) is 0.585. The first-order chi connectivity index (χ1) is 6.02. The molecule has 0 fully saturated rings. The fraction of sp³-hybridized carbons (Fsp3) is 0.250. The van der Waals surface area contributed by atoms with Gasteiger partial charge in [-0.2, -0.15) is 0 Å². The van der Waals surface area contributed by atoms with Crippen LogP contribution >= 0.6 is 12.4 Å². The molecule has 0 saturated heterocycles. The fourth-order valence-electron chi connectivity index (χ4n) is 0.970. The molecule has 0 spiro atoms. The van der Waals surface area contributed by atoms with E-state index in [1.807, 2.05) is 0 Å². The Morgan fingerprint density at radius 1 is 1.57 bits per heavy atom. The van der Waals surface area contributed by atoms with Gasteiger partial charge in [-0.15, -0.1) is 12.4 Å². The molecule has 1 rings (SSSR count). The van der Waals surface area contributed by atoms with E-state index >= 15 is 0 Å². The van der Waals surface area contributed by atoms with Crippen molar-refractivity contribution in [1.29, 1.82) is 0 Å². The maximum atomic E-state index is 10.4. The molecule has 5 nitrogen and oxygen atoms in total. The summed E-state index contributed by atoms with van der Waals surface area (Å²) in [6.07, 6.45) is 0. The number of nitrogens with two attached hydrogens (primary N) is 1. The first kappa shape index (κ1) is 12.7. The second-order valence-electron chi connectivity index (χ2n) is 2.79. The van der Waals surface area contributed by atoms with Crippen LogP contribution in [0.25, 0.3) is 0 Å². The summed E-state index contributed by atoms with van der Waals surface area (Å²) in [5.74, 6) is -0.339. The molecule has 0 radical (unpaired) electrons. The number of nitro benzene ring substituents is 1. The lowest BCUT2D eigenvalue weighted by Crippen LogP contribution is -2.05. The first-order valence-corrected chi connectivity index (χ1v) is 3.75.